The van der Waals surface area contributed by atoms with E-state index in [2.05, 4.69) is 45.8 Å². The fourth-order valence-electron chi connectivity index (χ4n) is 13.5. The minimum atomic E-state index is -4.99. The minimum Gasteiger partial charge on any atom is -0.487 e. The molecule has 1 aliphatic carbocycles. The Labute approximate surface area is 463 Å². The number of anilines is 2. The highest BCUT2D eigenvalue weighted by Gasteiger charge is 2.70. The number of alkyl halides is 3. The van der Waals surface area contributed by atoms with Crippen LogP contribution in [0, 0.1) is 29.0 Å². The molecule has 0 radical (unpaired) electrons. The third-order valence-electron chi connectivity index (χ3n) is 17.6. The largest absolute Gasteiger partial charge is 0.487 e. The van der Waals surface area contributed by atoms with E-state index >= 15 is 9.18 Å². The Kier molecular flexibility index (Phi) is 14.3. The van der Waals surface area contributed by atoms with Gasteiger partial charge in [0.25, 0.3) is 17.7 Å². The van der Waals surface area contributed by atoms with Crippen molar-refractivity contribution in [2.45, 2.75) is 126 Å². The first-order valence-corrected chi connectivity index (χ1v) is 28.7. The maximum atomic E-state index is 16.8. The zero-order valence-electron chi connectivity index (χ0n) is 44.1. The van der Waals surface area contributed by atoms with E-state index < -0.39 is 90.9 Å². The number of piperidine rings is 2. The number of hydrogen-bond acceptors (Lipinski definition) is 11. The molecule has 4 fully saturated rings. The van der Waals surface area contributed by atoms with Gasteiger partial charge in [-0.2, -0.15) is 13.2 Å². The summed E-state index contributed by atoms with van der Waals surface area (Å²) in [5.41, 5.74) is -0.0956. The molecule has 1 aromatic heterocycles. The topological polar surface area (TPSA) is 211 Å². The van der Waals surface area contributed by atoms with Gasteiger partial charge in [0, 0.05) is 90.0 Å². The van der Waals surface area contributed by atoms with Crippen LogP contribution < -0.4 is 20.3 Å². The zero-order chi connectivity index (χ0) is 56.8. The van der Waals surface area contributed by atoms with Crippen LogP contribution in [0.25, 0.3) is 0 Å². The summed E-state index contributed by atoms with van der Waals surface area (Å²) in [6.45, 7) is 6.30. The SMILES string of the molecule is C[C@@H]1CN(C(=O)[C@@H]2NC3(CCC(C)(C)CC3)[C@@]3(CNc4cc(C(F)(F)F)ncc43)[C@H]2c2cccc(Cl)c2F)c2ccc(C(=O)N3CCC[C@@H](CC#Cc4cccc5c4CN([C@H]4CCC(=O)N(COP(=O)(O)O)C4=O)C5=O)C3)cc2O1. The average molecular weight is 1140 g/mol. The van der Waals surface area contributed by atoms with Crippen LogP contribution in [0.15, 0.2) is 66.9 Å². The number of phosphoric ester groups is 1. The number of rotatable bonds is 8. The van der Waals surface area contributed by atoms with E-state index in [4.69, 9.17) is 26.1 Å². The van der Waals surface area contributed by atoms with Gasteiger partial charge >= 0.3 is 14.0 Å². The number of amides is 5. The first-order valence-electron chi connectivity index (χ1n) is 26.8. The molecule has 17 nitrogen and oxygen atoms in total. The van der Waals surface area contributed by atoms with Crippen molar-refractivity contribution in [1.29, 1.82) is 0 Å². The number of hydrogen-bond donors (Lipinski definition) is 4. The van der Waals surface area contributed by atoms with Gasteiger partial charge in [-0.05, 0) is 117 Å². The predicted octanol–water partition coefficient (Wildman–Crippen LogP) is 8.30. The van der Waals surface area contributed by atoms with Crippen LogP contribution >= 0.6 is 19.4 Å². The van der Waals surface area contributed by atoms with E-state index in [-0.39, 0.29) is 66.0 Å². The molecule has 4 aromatic rings. The fraction of sp³-hybridized carbons (Fsp3) is 0.474. The lowest BCUT2D eigenvalue weighted by molar-refractivity contribution is -0.156. The molecule has 6 atom stereocenters. The van der Waals surface area contributed by atoms with Gasteiger partial charge in [-0.15, -0.1) is 0 Å². The highest BCUT2D eigenvalue weighted by atomic mass is 35.5. The summed E-state index contributed by atoms with van der Waals surface area (Å²) >= 11 is 6.51. The minimum absolute atomic E-state index is 0.00151. The van der Waals surface area contributed by atoms with Crippen molar-refractivity contribution >= 4 is 60.3 Å². The lowest BCUT2D eigenvalue weighted by Gasteiger charge is -2.51. The second kappa shape index (κ2) is 20.5. The average Bonchev–Trinajstić information content (AvgIpc) is 3.28. The van der Waals surface area contributed by atoms with Crippen LogP contribution in [0.2, 0.25) is 5.02 Å². The summed E-state index contributed by atoms with van der Waals surface area (Å²) in [5, 5.41) is 6.87. The fourth-order valence-corrected chi connectivity index (χ4v) is 14.0. The maximum Gasteiger partial charge on any atom is 0.471 e. The van der Waals surface area contributed by atoms with Crippen LogP contribution in [0.3, 0.4) is 0 Å². The van der Waals surface area contributed by atoms with Crippen LogP contribution in [0.4, 0.5) is 28.9 Å². The Bertz CT molecular complexity index is 3360. The van der Waals surface area contributed by atoms with Crippen molar-refractivity contribution in [3.05, 3.63) is 117 Å². The number of carbonyl (C=O) groups is 5. The third-order valence-corrected chi connectivity index (χ3v) is 18.3. The number of phosphoric acid groups is 1. The van der Waals surface area contributed by atoms with Gasteiger partial charge in [0.2, 0.25) is 11.8 Å². The summed E-state index contributed by atoms with van der Waals surface area (Å²) in [5.74, 6) is 2.49. The molecular formula is C57H59ClF4N7O10P. The van der Waals surface area contributed by atoms with E-state index in [9.17, 15) is 36.9 Å². The molecule has 3 saturated heterocycles. The number of fused-ring (bicyclic) bond motifs is 5. The molecule has 7 heterocycles. The van der Waals surface area contributed by atoms with Crippen LogP contribution in [-0.4, -0.2) is 116 Å². The van der Waals surface area contributed by atoms with E-state index in [0.29, 0.717) is 82.9 Å². The number of nitrogens with one attached hydrogen (secondary N) is 2. The molecular weight excluding hydrogens is 1090 g/mol. The van der Waals surface area contributed by atoms with Crippen molar-refractivity contribution < 1.29 is 65.1 Å². The Hall–Kier alpha value is -6.40. The molecule has 4 N–H and O–H groups in total. The van der Waals surface area contributed by atoms with Gasteiger partial charge in [0.1, 0.15) is 36.1 Å². The maximum absolute atomic E-state index is 16.8. The molecule has 80 heavy (non-hydrogen) atoms. The molecule has 1 saturated carbocycles. The van der Waals surface area contributed by atoms with E-state index in [1.54, 1.807) is 65.3 Å². The van der Waals surface area contributed by atoms with Gasteiger partial charge in [0.15, 0.2) is 0 Å². The monoisotopic (exact) mass is 1140 g/mol. The normalized spacial score (nSPS) is 25.9. The second-order valence-corrected chi connectivity index (χ2v) is 24.6. The number of imide groups is 1. The van der Waals surface area contributed by atoms with Crippen molar-refractivity contribution in [3.8, 4) is 17.6 Å². The van der Waals surface area contributed by atoms with Gasteiger partial charge in [-0.3, -0.25) is 43.7 Å². The van der Waals surface area contributed by atoms with Crippen LogP contribution in [0.5, 0.6) is 5.75 Å². The summed E-state index contributed by atoms with van der Waals surface area (Å²) in [4.78, 5) is 97.2. The number of carbonyl (C=O) groups excluding carboxylic acids is 5. The van der Waals surface area contributed by atoms with Crippen molar-refractivity contribution in [2.75, 3.05) is 43.1 Å². The molecule has 3 aromatic carbocycles. The smallest absolute Gasteiger partial charge is 0.471 e. The predicted molar refractivity (Wildman–Crippen MR) is 284 cm³/mol. The highest BCUT2D eigenvalue weighted by molar-refractivity contribution is 7.46. The first-order chi connectivity index (χ1) is 37.9. The Balaban J connectivity index is 0.823. The number of ether oxygens (including phenoxy) is 1. The quantitative estimate of drug-likeness (QED) is 0.0567. The highest BCUT2D eigenvalue weighted by Crippen LogP contribution is 2.64. The number of halogens is 5. The Morgan fingerprint density at radius 1 is 1.01 bits per heavy atom. The standard InChI is InChI=1S/C57H59ClF4N7O10P/c1-32-27-67(53(74)49-47(37-13-6-14-40(58)48(37)59)56(55(65-49)21-19-54(2,3)20-22-55)30-64-41-25-45(57(60,61)62)63-26-39(41)56)42-16-15-35(24-44(42)79-32)50(71)66-23-7-9-33(28-66)8-4-10-34-11-5-12-36-38(34)29-68(51(36)72)43-17-18-46(70)69(52(43)73)31-78-80(75,76)77/h5-6,11-16,24-26,32-33,43,47,49,64-65H,7-9,17-23,27-31H2,1-3H3,(H2,75,76,77)/t32-,33-,43+,47+,49-,56-/m1/s1. The van der Waals surface area contributed by atoms with E-state index in [1.165, 1.54) is 17.2 Å². The van der Waals surface area contributed by atoms with Gasteiger partial charge < -0.3 is 34.5 Å². The third kappa shape index (κ3) is 9.82. The second-order valence-electron chi connectivity index (χ2n) is 23.0. The van der Waals surface area contributed by atoms with Crippen LogP contribution in [0.1, 0.15) is 133 Å². The van der Waals surface area contributed by atoms with Crippen molar-refractivity contribution in [1.82, 2.24) is 25.0 Å². The summed E-state index contributed by atoms with van der Waals surface area (Å²) < 4.78 is 81.3. The molecule has 5 amide bonds. The molecule has 11 rings (SSSR count). The molecule has 0 unspecified atom stereocenters. The van der Waals surface area contributed by atoms with E-state index in [0.717, 1.165) is 25.3 Å². The van der Waals surface area contributed by atoms with Crippen molar-refractivity contribution in [3.63, 3.8) is 0 Å². The number of nitrogens with zero attached hydrogens (tertiary/aromatic N) is 5. The Morgan fingerprint density at radius 2 is 1.77 bits per heavy atom. The molecule has 6 aliphatic heterocycles. The summed E-state index contributed by atoms with van der Waals surface area (Å²) in [6, 6.07) is 13.5. The van der Waals surface area contributed by atoms with Crippen molar-refractivity contribution in [2.24, 2.45) is 11.3 Å². The number of pyridine rings is 1. The first kappa shape index (κ1) is 55.5. The molecule has 23 heteroatoms. The zero-order valence-corrected chi connectivity index (χ0v) is 45.7. The number of likely N-dealkylation sites (tertiary alicyclic amines) is 2. The van der Waals surface area contributed by atoms with Crippen LogP contribution in [-0.2, 0) is 41.6 Å². The number of benzene rings is 3. The lowest BCUT2D eigenvalue weighted by Crippen LogP contribution is -2.60. The molecule has 0 bridgehead atoms. The van der Waals surface area contributed by atoms with Gasteiger partial charge in [0.05, 0.1) is 23.3 Å². The van der Waals surface area contributed by atoms with Gasteiger partial charge in [-0.25, -0.2) is 8.96 Å². The van der Waals surface area contributed by atoms with Gasteiger partial charge in [-0.1, -0.05) is 55.5 Å². The summed E-state index contributed by atoms with van der Waals surface area (Å²) in [7, 11) is -4.99. The molecule has 422 valence electrons. The molecule has 2 spiro atoms. The Morgan fingerprint density at radius 3 is 2.52 bits per heavy atom. The summed E-state index contributed by atoms with van der Waals surface area (Å²) in [6.07, 6.45) is 0.312. The number of aromatic nitrogens is 1. The van der Waals surface area contributed by atoms with E-state index in [1.807, 2.05) is 0 Å². The lowest BCUT2D eigenvalue weighted by atomic mass is 9.54. The molecule has 7 aliphatic rings.